The van der Waals surface area contributed by atoms with Crippen LogP contribution < -0.4 is 14.8 Å². The number of piperidine rings is 1. The van der Waals surface area contributed by atoms with Gasteiger partial charge in [-0.15, -0.1) is 0 Å². The van der Waals surface area contributed by atoms with E-state index in [1.807, 2.05) is 12.1 Å². The van der Waals surface area contributed by atoms with Crippen LogP contribution in [0.15, 0.2) is 24.3 Å². The normalized spacial score (nSPS) is 15.3. The van der Waals surface area contributed by atoms with Crippen LogP contribution in [0.1, 0.15) is 30.9 Å². The zero-order chi connectivity index (χ0) is 23.3. The van der Waals surface area contributed by atoms with Gasteiger partial charge in [0, 0.05) is 6.54 Å². The molecule has 174 valence electrons. The lowest BCUT2D eigenvalue weighted by molar-refractivity contribution is -0.123. The van der Waals surface area contributed by atoms with Crippen LogP contribution >= 0.6 is 0 Å². The van der Waals surface area contributed by atoms with Gasteiger partial charge in [0.1, 0.15) is 5.75 Å². The molecule has 1 N–H and O–H groups in total. The van der Waals surface area contributed by atoms with Crippen LogP contribution in [0.5, 0.6) is 11.5 Å². The van der Waals surface area contributed by atoms with Gasteiger partial charge in [0.2, 0.25) is 29.1 Å². The maximum Gasteiger partial charge on any atom is 0.258 e. The first kappa shape index (κ1) is 23.8. The van der Waals surface area contributed by atoms with Crippen molar-refractivity contribution in [2.45, 2.75) is 25.3 Å². The molecule has 1 saturated heterocycles. The Bertz CT molecular complexity index is 921. The molecule has 1 heterocycles. The van der Waals surface area contributed by atoms with Crippen molar-refractivity contribution in [3.8, 4) is 11.5 Å². The molecule has 1 aliphatic rings. The molecule has 1 fully saturated rings. The van der Waals surface area contributed by atoms with Crippen molar-refractivity contribution in [2.75, 3.05) is 33.4 Å². The van der Waals surface area contributed by atoms with Crippen molar-refractivity contribution in [3.63, 3.8) is 0 Å². The van der Waals surface area contributed by atoms with E-state index in [2.05, 4.69) is 15.0 Å². The van der Waals surface area contributed by atoms with E-state index < -0.39 is 47.3 Å². The number of ether oxygens (including phenoxy) is 2. The fourth-order valence-electron chi connectivity index (χ4n) is 3.62. The van der Waals surface area contributed by atoms with E-state index in [0.717, 1.165) is 37.9 Å². The minimum absolute atomic E-state index is 0.167. The molecular formula is C22H23F5N2O3. The summed E-state index contributed by atoms with van der Waals surface area (Å²) in [6.45, 7) is 0.945. The van der Waals surface area contributed by atoms with Gasteiger partial charge in [-0.1, -0.05) is 18.6 Å². The van der Waals surface area contributed by atoms with Crippen LogP contribution in [0.25, 0.3) is 0 Å². The summed E-state index contributed by atoms with van der Waals surface area (Å²) in [5.41, 5.74) is 0.939. The number of hydrogen-bond donors (Lipinski definition) is 1. The molecule has 10 heteroatoms. The number of nitrogens with one attached hydrogen (secondary N) is 1. The lowest BCUT2D eigenvalue weighted by Crippen LogP contribution is -2.41. The van der Waals surface area contributed by atoms with Crippen molar-refractivity contribution in [2.24, 2.45) is 0 Å². The third kappa shape index (κ3) is 5.29. The molecule has 0 aromatic heterocycles. The number of halogens is 5. The minimum atomic E-state index is -2.29. The third-order valence-corrected chi connectivity index (χ3v) is 5.34. The Morgan fingerprint density at radius 1 is 0.938 bits per heavy atom. The highest BCUT2D eigenvalue weighted by Crippen LogP contribution is 2.29. The molecule has 1 unspecified atom stereocenters. The lowest BCUT2D eigenvalue weighted by Gasteiger charge is -2.35. The first-order chi connectivity index (χ1) is 15.3. The number of nitrogens with zero attached hydrogens (tertiary/aromatic N) is 1. The van der Waals surface area contributed by atoms with E-state index in [-0.39, 0.29) is 12.6 Å². The topological polar surface area (TPSA) is 50.8 Å². The Labute approximate surface area is 182 Å². The molecule has 0 saturated carbocycles. The Balaban J connectivity index is 1.66. The number of amides is 1. The minimum Gasteiger partial charge on any atom is -0.497 e. The predicted octanol–water partition coefficient (Wildman–Crippen LogP) is 4.11. The fraction of sp³-hybridized carbons (Fsp3) is 0.409. The molecule has 0 aliphatic carbocycles. The Kier molecular flexibility index (Phi) is 7.89. The highest BCUT2D eigenvalue weighted by molar-refractivity contribution is 5.77. The van der Waals surface area contributed by atoms with E-state index in [1.54, 1.807) is 19.2 Å². The lowest BCUT2D eigenvalue weighted by atomic mass is 10.0. The van der Waals surface area contributed by atoms with E-state index >= 15 is 0 Å². The number of rotatable bonds is 8. The van der Waals surface area contributed by atoms with Crippen molar-refractivity contribution < 1.29 is 36.2 Å². The zero-order valence-electron chi connectivity index (χ0n) is 17.4. The van der Waals surface area contributed by atoms with Gasteiger partial charge >= 0.3 is 0 Å². The van der Waals surface area contributed by atoms with Crippen LogP contribution in [0.3, 0.4) is 0 Å². The number of methoxy groups -OCH3 is 1. The summed E-state index contributed by atoms with van der Waals surface area (Å²) in [5, 5.41) is 2.61. The fourth-order valence-corrected chi connectivity index (χ4v) is 3.62. The number of hydrogen-bond acceptors (Lipinski definition) is 4. The van der Waals surface area contributed by atoms with Gasteiger partial charge in [0.25, 0.3) is 5.91 Å². The monoisotopic (exact) mass is 458 g/mol. The summed E-state index contributed by atoms with van der Waals surface area (Å²) in [6, 6.07) is 7.21. The second-order valence-electron chi connectivity index (χ2n) is 7.38. The van der Waals surface area contributed by atoms with Crippen LogP contribution in [-0.4, -0.2) is 44.2 Å². The molecule has 3 rings (SSSR count). The quantitative estimate of drug-likeness (QED) is 0.368. The molecule has 1 aliphatic heterocycles. The molecule has 32 heavy (non-hydrogen) atoms. The summed E-state index contributed by atoms with van der Waals surface area (Å²) in [4.78, 5) is 14.4. The van der Waals surface area contributed by atoms with Gasteiger partial charge in [0.05, 0.1) is 13.2 Å². The summed E-state index contributed by atoms with van der Waals surface area (Å²) in [5.74, 6) is -12.4. The Morgan fingerprint density at radius 3 is 2.06 bits per heavy atom. The smallest absolute Gasteiger partial charge is 0.258 e. The summed E-state index contributed by atoms with van der Waals surface area (Å²) in [7, 11) is 1.56. The summed E-state index contributed by atoms with van der Waals surface area (Å²) < 4.78 is 76.9. The predicted molar refractivity (Wildman–Crippen MR) is 106 cm³/mol. The standard InChI is InChI=1S/C22H23F5N2O3/c1-31-14-7-5-13(6-8-14)15(29-9-3-2-4-10-29)11-28-16(30)12-32-22-20(26)18(24)17(23)19(25)21(22)27/h5-8,15H,2-4,9-12H2,1H3,(H,28,30). The SMILES string of the molecule is COc1ccc(C(CNC(=O)COc2c(F)c(F)c(F)c(F)c2F)N2CCCCC2)cc1. The number of carbonyl (C=O) groups is 1. The van der Waals surface area contributed by atoms with Gasteiger partial charge in [-0.3, -0.25) is 9.69 Å². The molecule has 0 bridgehead atoms. The van der Waals surface area contributed by atoms with Crippen LogP contribution in [-0.2, 0) is 4.79 Å². The van der Waals surface area contributed by atoms with Gasteiger partial charge in [-0.25, -0.2) is 13.2 Å². The van der Waals surface area contributed by atoms with E-state index in [0.29, 0.717) is 5.75 Å². The second-order valence-corrected chi connectivity index (χ2v) is 7.38. The van der Waals surface area contributed by atoms with Gasteiger partial charge in [0.15, 0.2) is 12.4 Å². The van der Waals surface area contributed by atoms with Crippen molar-refractivity contribution in [1.29, 1.82) is 0 Å². The molecule has 2 aromatic rings. The second kappa shape index (κ2) is 10.6. The number of carbonyl (C=O) groups excluding carboxylic acids is 1. The van der Waals surface area contributed by atoms with Crippen molar-refractivity contribution in [3.05, 3.63) is 58.9 Å². The first-order valence-corrected chi connectivity index (χ1v) is 10.1. The van der Waals surface area contributed by atoms with E-state index in [4.69, 9.17) is 4.74 Å². The summed E-state index contributed by atoms with van der Waals surface area (Å²) in [6.07, 6.45) is 3.15. The van der Waals surface area contributed by atoms with E-state index in [1.165, 1.54) is 0 Å². The number of likely N-dealkylation sites (tertiary alicyclic amines) is 1. The van der Waals surface area contributed by atoms with Crippen molar-refractivity contribution >= 4 is 5.91 Å². The van der Waals surface area contributed by atoms with Crippen LogP contribution in [0, 0.1) is 29.1 Å². The first-order valence-electron chi connectivity index (χ1n) is 10.1. The average molecular weight is 458 g/mol. The Morgan fingerprint density at radius 2 is 1.50 bits per heavy atom. The largest absolute Gasteiger partial charge is 0.497 e. The van der Waals surface area contributed by atoms with Crippen LogP contribution in [0.4, 0.5) is 22.0 Å². The molecule has 1 atom stereocenters. The average Bonchev–Trinajstić information content (AvgIpc) is 2.82. The maximum atomic E-state index is 13.7. The Hall–Kier alpha value is -2.88. The molecule has 5 nitrogen and oxygen atoms in total. The van der Waals surface area contributed by atoms with Gasteiger partial charge in [-0.05, 0) is 43.6 Å². The molecule has 1 amide bonds. The summed E-state index contributed by atoms with van der Waals surface area (Å²) >= 11 is 0. The molecule has 0 radical (unpaired) electrons. The van der Waals surface area contributed by atoms with Crippen molar-refractivity contribution in [1.82, 2.24) is 10.2 Å². The highest BCUT2D eigenvalue weighted by atomic mass is 19.2. The van der Waals surface area contributed by atoms with Gasteiger partial charge < -0.3 is 14.8 Å². The van der Waals surface area contributed by atoms with E-state index in [9.17, 15) is 26.7 Å². The molecule has 2 aromatic carbocycles. The number of benzene rings is 2. The zero-order valence-corrected chi connectivity index (χ0v) is 17.4. The van der Waals surface area contributed by atoms with Crippen LogP contribution in [0.2, 0.25) is 0 Å². The van der Waals surface area contributed by atoms with Gasteiger partial charge in [-0.2, -0.15) is 8.78 Å². The highest BCUT2D eigenvalue weighted by Gasteiger charge is 2.28. The molecule has 0 spiro atoms. The third-order valence-electron chi connectivity index (χ3n) is 5.34. The molecular weight excluding hydrogens is 435 g/mol. The maximum absolute atomic E-state index is 13.7.